The Kier molecular flexibility index (Phi) is 8.64. The molecule has 8 nitrogen and oxygen atoms in total. The van der Waals surface area contributed by atoms with Crippen LogP contribution in [-0.2, 0) is 6.61 Å². The lowest BCUT2D eigenvalue weighted by molar-refractivity contribution is 0.0942. The Bertz CT molecular complexity index is 1440. The molecule has 1 aliphatic carbocycles. The molecular formula is C32H37N5O3. The molecule has 1 heterocycles. The zero-order valence-corrected chi connectivity index (χ0v) is 23.4. The summed E-state index contributed by atoms with van der Waals surface area (Å²) in [5, 5.41) is 7.73. The molecule has 0 radical (unpaired) electrons. The van der Waals surface area contributed by atoms with Crippen molar-refractivity contribution in [2.45, 2.75) is 38.3 Å². The molecule has 1 aliphatic rings. The van der Waals surface area contributed by atoms with Gasteiger partial charge in [-0.1, -0.05) is 42.5 Å². The highest BCUT2D eigenvalue weighted by molar-refractivity contribution is 5.95. The Morgan fingerprint density at radius 3 is 2.42 bits per heavy atom. The van der Waals surface area contributed by atoms with E-state index in [1.165, 1.54) is 0 Å². The van der Waals surface area contributed by atoms with Crippen molar-refractivity contribution in [3.63, 3.8) is 0 Å². The van der Waals surface area contributed by atoms with Crippen LogP contribution in [0.5, 0.6) is 11.5 Å². The molecule has 4 aromatic rings. The number of amides is 1. The zero-order chi connectivity index (χ0) is 27.9. The summed E-state index contributed by atoms with van der Waals surface area (Å²) in [4.78, 5) is 24.5. The van der Waals surface area contributed by atoms with E-state index in [4.69, 9.17) is 19.4 Å². The fourth-order valence-electron chi connectivity index (χ4n) is 5.16. The van der Waals surface area contributed by atoms with Gasteiger partial charge in [-0.3, -0.25) is 4.79 Å². The first-order valence-corrected chi connectivity index (χ1v) is 13.8. The van der Waals surface area contributed by atoms with Crippen LogP contribution in [0.3, 0.4) is 0 Å². The Hall–Kier alpha value is -4.33. The molecule has 0 saturated heterocycles. The Morgan fingerprint density at radius 2 is 1.68 bits per heavy atom. The average molecular weight is 540 g/mol. The monoisotopic (exact) mass is 539 g/mol. The molecule has 0 unspecified atom stereocenters. The van der Waals surface area contributed by atoms with E-state index < -0.39 is 0 Å². The Labute approximate surface area is 235 Å². The lowest BCUT2D eigenvalue weighted by atomic mass is 9.86. The first-order chi connectivity index (χ1) is 19.5. The highest BCUT2D eigenvalue weighted by atomic mass is 16.5. The molecule has 0 bridgehead atoms. The van der Waals surface area contributed by atoms with E-state index in [-0.39, 0.29) is 5.91 Å². The first kappa shape index (κ1) is 27.2. The minimum Gasteiger partial charge on any atom is -0.493 e. The maximum Gasteiger partial charge on any atom is 0.251 e. The number of benzene rings is 3. The predicted octanol–water partition coefficient (Wildman–Crippen LogP) is 5.68. The summed E-state index contributed by atoms with van der Waals surface area (Å²) in [7, 11) is 5.61. The standard InChI is InChI=1S/C32H37N5O3/c1-37(2)30-26-11-7-8-12-27(26)35-32(36-30)34-25-16-13-22(14-17-25)20-33-31(38)24-15-18-28(39-3)29(19-24)40-21-23-9-5-4-6-10-23/h4-12,15,18-19,22,25H,13-14,16-17,20-21H2,1-3H3,(H,33,38)(H,34,35,36)/t22-,25+. The molecule has 1 amide bonds. The second-order valence-corrected chi connectivity index (χ2v) is 10.5. The van der Waals surface area contributed by atoms with Crippen LogP contribution >= 0.6 is 0 Å². The maximum atomic E-state index is 13.0. The number of anilines is 2. The topological polar surface area (TPSA) is 88.6 Å². The van der Waals surface area contributed by atoms with Crippen molar-refractivity contribution in [2.24, 2.45) is 5.92 Å². The number of ether oxygens (including phenoxy) is 2. The third-order valence-electron chi connectivity index (χ3n) is 7.40. The molecule has 2 N–H and O–H groups in total. The van der Waals surface area contributed by atoms with Crippen LogP contribution in [0.25, 0.3) is 10.9 Å². The first-order valence-electron chi connectivity index (χ1n) is 13.8. The molecule has 1 saturated carbocycles. The van der Waals surface area contributed by atoms with Gasteiger partial charge >= 0.3 is 0 Å². The van der Waals surface area contributed by atoms with Crippen LogP contribution < -0.4 is 25.0 Å². The molecule has 8 heteroatoms. The number of fused-ring (bicyclic) bond motifs is 1. The second kappa shape index (κ2) is 12.7. The summed E-state index contributed by atoms with van der Waals surface area (Å²) in [5.41, 5.74) is 2.55. The lowest BCUT2D eigenvalue weighted by Gasteiger charge is -2.29. The molecule has 5 rings (SSSR count). The van der Waals surface area contributed by atoms with E-state index in [0.717, 1.165) is 48.0 Å². The van der Waals surface area contributed by atoms with Crippen molar-refractivity contribution in [3.8, 4) is 11.5 Å². The van der Waals surface area contributed by atoms with Crippen molar-refractivity contribution in [3.05, 3.63) is 83.9 Å². The van der Waals surface area contributed by atoms with E-state index in [1.807, 2.05) is 67.5 Å². The van der Waals surface area contributed by atoms with Crippen LogP contribution in [0.15, 0.2) is 72.8 Å². The maximum absolute atomic E-state index is 13.0. The van der Waals surface area contributed by atoms with Gasteiger partial charge in [0.05, 0.1) is 12.6 Å². The summed E-state index contributed by atoms with van der Waals surface area (Å²) in [5.74, 6) is 3.07. The number of nitrogens with one attached hydrogen (secondary N) is 2. The predicted molar refractivity (Wildman–Crippen MR) is 159 cm³/mol. The number of carbonyl (C=O) groups excluding carboxylic acids is 1. The van der Waals surface area contributed by atoms with Crippen molar-refractivity contribution < 1.29 is 14.3 Å². The van der Waals surface area contributed by atoms with E-state index in [1.54, 1.807) is 25.3 Å². The van der Waals surface area contributed by atoms with Crippen LogP contribution in [0.2, 0.25) is 0 Å². The normalized spacial score (nSPS) is 16.8. The number of aromatic nitrogens is 2. The number of methoxy groups -OCH3 is 1. The summed E-state index contributed by atoms with van der Waals surface area (Å²) in [6.45, 7) is 1.05. The smallest absolute Gasteiger partial charge is 0.251 e. The number of hydrogen-bond donors (Lipinski definition) is 2. The highest BCUT2D eigenvalue weighted by Gasteiger charge is 2.23. The quantitative estimate of drug-likeness (QED) is 0.268. The van der Waals surface area contributed by atoms with Crippen LogP contribution in [0.4, 0.5) is 11.8 Å². The number of rotatable bonds is 10. The van der Waals surface area contributed by atoms with Gasteiger partial charge in [0.15, 0.2) is 11.5 Å². The van der Waals surface area contributed by atoms with Gasteiger partial charge < -0.3 is 25.0 Å². The fourth-order valence-corrected chi connectivity index (χ4v) is 5.16. The molecule has 40 heavy (non-hydrogen) atoms. The van der Waals surface area contributed by atoms with Crippen LogP contribution in [0, 0.1) is 5.92 Å². The minimum atomic E-state index is -0.103. The van der Waals surface area contributed by atoms with Gasteiger partial charge in [-0.25, -0.2) is 4.98 Å². The minimum absolute atomic E-state index is 0.103. The molecule has 0 atom stereocenters. The van der Waals surface area contributed by atoms with Gasteiger partial charge in [-0.05, 0) is 67.5 Å². The van der Waals surface area contributed by atoms with Crippen molar-refractivity contribution in [1.29, 1.82) is 0 Å². The summed E-state index contributed by atoms with van der Waals surface area (Å²) in [6.07, 6.45) is 4.07. The highest BCUT2D eigenvalue weighted by Crippen LogP contribution is 2.30. The number of carbonyl (C=O) groups is 1. The van der Waals surface area contributed by atoms with Crippen molar-refractivity contribution >= 4 is 28.6 Å². The summed E-state index contributed by atoms with van der Waals surface area (Å²) in [6, 6.07) is 23.6. The van der Waals surface area contributed by atoms with Crippen LogP contribution in [0.1, 0.15) is 41.6 Å². The third kappa shape index (κ3) is 6.62. The van der Waals surface area contributed by atoms with Gasteiger partial charge in [-0.2, -0.15) is 4.98 Å². The number of hydrogen-bond acceptors (Lipinski definition) is 7. The Morgan fingerprint density at radius 1 is 0.925 bits per heavy atom. The molecule has 0 spiro atoms. The van der Waals surface area contributed by atoms with Gasteiger partial charge in [0, 0.05) is 37.6 Å². The number of nitrogens with zero attached hydrogens (tertiary/aromatic N) is 3. The third-order valence-corrected chi connectivity index (χ3v) is 7.40. The van der Waals surface area contributed by atoms with E-state index >= 15 is 0 Å². The van der Waals surface area contributed by atoms with Gasteiger partial charge in [-0.15, -0.1) is 0 Å². The molecular weight excluding hydrogens is 502 g/mol. The van der Waals surface area contributed by atoms with E-state index in [9.17, 15) is 4.79 Å². The van der Waals surface area contributed by atoms with E-state index in [0.29, 0.717) is 48.1 Å². The second-order valence-electron chi connectivity index (χ2n) is 10.5. The molecule has 208 valence electrons. The van der Waals surface area contributed by atoms with Gasteiger partial charge in [0.25, 0.3) is 5.91 Å². The molecule has 1 aromatic heterocycles. The SMILES string of the molecule is COc1ccc(C(=O)NC[C@H]2CC[C@@H](Nc3nc(N(C)C)c4ccccc4n3)CC2)cc1OCc1ccccc1. The molecule has 3 aromatic carbocycles. The van der Waals surface area contributed by atoms with Crippen molar-refractivity contribution in [2.75, 3.05) is 38.0 Å². The van der Waals surface area contributed by atoms with Gasteiger partial charge in [0.1, 0.15) is 12.4 Å². The summed E-state index contributed by atoms with van der Waals surface area (Å²) < 4.78 is 11.4. The average Bonchev–Trinajstić information content (AvgIpc) is 2.99. The molecule has 1 fully saturated rings. The van der Waals surface area contributed by atoms with E-state index in [2.05, 4.69) is 16.7 Å². The Balaban J connectivity index is 1.13. The largest absolute Gasteiger partial charge is 0.493 e. The van der Waals surface area contributed by atoms with Crippen molar-refractivity contribution in [1.82, 2.24) is 15.3 Å². The van der Waals surface area contributed by atoms with Gasteiger partial charge in [0.2, 0.25) is 5.95 Å². The summed E-state index contributed by atoms with van der Waals surface area (Å²) >= 11 is 0. The lowest BCUT2D eigenvalue weighted by Crippen LogP contribution is -2.34. The molecule has 0 aliphatic heterocycles. The number of para-hydroxylation sites is 1. The zero-order valence-electron chi connectivity index (χ0n) is 23.4. The fraction of sp³-hybridized carbons (Fsp3) is 0.344. The van der Waals surface area contributed by atoms with Crippen LogP contribution in [-0.4, -0.2) is 49.7 Å².